The molecule has 0 spiro atoms. The Kier molecular flexibility index (Phi) is 3.70. The number of anilines is 1. The third-order valence-electron chi connectivity index (χ3n) is 3.95. The molecule has 0 aliphatic carbocycles. The molecule has 4 heterocycles. The maximum atomic E-state index is 12.3. The summed E-state index contributed by atoms with van der Waals surface area (Å²) in [5.41, 5.74) is 0.658. The lowest BCUT2D eigenvalue weighted by molar-refractivity contribution is -0.131. The van der Waals surface area contributed by atoms with Crippen molar-refractivity contribution in [3.8, 4) is 0 Å². The lowest BCUT2D eigenvalue weighted by Crippen LogP contribution is -2.50. The van der Waals surface area contributed by atoms with E-state index in [4.69, 9.17) is 0 Å². The fraction of sp³-hybridized carbons (Fsp3) is 0.188. The highest BCUT2D eigenvalue weighted by Crippen LogP contribution is 2.30. The number of rotatable bonds is 4. The first-order valence-corrected chi connectivity index (χ1v) is 9.07. The maximum absolute atomic E-state index is 12.3. The van der Waals surface area contributed by atoms with Gasteiger partial charge in [0.25, 0.3) is 5.91 Å². The van der Waals surface area contributed by atoms with Gasteiger partial charge in [0, 0.05) is 28.7 Å². The van der Waals surface area contributed by atoms with Gasteiger partial charge < -0.3 is 10.2 Å². The summed E-state index contributed by atoms with van der Waals surface area (Å²) in [7, 11) is 0. The Morgan fingerprint density at radius 3 is 2.96 bits per heavy atom. The van der Waals surface area contributed by atoms with Crippen LogP contribution in [-0.2, 0) is 4.79 Å². The maximum Gasteiger partial charge on any atom is 0.265 e. The average molecular weight is 358 g/mol. The van der Waals surface area contributed by atoms with E-state index in [9.17, 15) is 9.59 Å². The number of aromatic nitrogens is 2. The van der Waals surface area contributed by atoms with Crippen LogP contribution in [0, 0.1) is 0 Å². The predicted octanol–water partition coefficient (Wildman–Crippen LogP) is 2.98. The molecule has 8 heteroatoms. The first-order chi connectivity index (χ1) is 11.6. The number of amides is 2. The van der Waals surface area contributed by atoms with Crippen molar-refractivity contribution < 1.29 is 9.59 Å². The molecule has 0 saturated carbocycles. The number of likely N-dealkylation sites (tertiary alicyclic amines) is 1. The molecule has 6 nitrogen and oxygen atoms in total. The zero-order valence-corrected chi connectivity index (χ0v) is 14.3. The molecule has 1 saturated heterocycles. The molecule has 3 aromatic heterocycles. The molecular formula is C16H14N4O2S2. The van der Waals surface area contributed by atoms with Crippen LogP contribution < -0.4 is 5.32 Å². The van der Waals surface area contributed by atoms with Crippen LogP contribution in [0.1, 0.15) is 15.7 Å². The SMILES string of the molecule is C=CC(=O)N1CC(n2cc(NC(=O)c3cc4sccc4s3)cn2)C1. The van der Waals surface area contributed by atoms with E-state index in [-0.39, 0.29) is 17.9 Å². The van der Waals surface area contributed by atoms with E-state index in [0.29, 0.717) is 23.7 Å². The number of nitrogens with one attached hydrogen (secondary N) is 1. The molecule has 1 fully saturated rings. The number of hydrogen-bond donors (Lipinski definition) is 1. The Morgan fingerprint density at radius 2 is 2.21 bits per heavy atom. The van der Waals surface area contributed by atoms with Gasteiger partial charge in [0.15, 0.2) is 0 Å². The Labute approximate surface area is 146 Å². The molecule has 2 amide bonds. The summed E-state index contributed by atoms with van der Waals surface area (Å²) < 4.78 is 4.04. The molecule has 4 rings (SSSR count). The van der Waals surface area contributed by atoms with E-state index in [1.165, 1.54) is 17.4 Å². The van der Waals surface area contributed by atoms with Gasteiger partial charge in [-0.05, 0) is 23.6 Å². The summed E-state index contributed by atoms with van der Waals surface area (Å²) in [4.78, 5) is 26.2. The summed E-state index contributed by atoms with van der Waals surface area (Å²) in [6, 6.07) is 4.08. The molecule has 24 heavy (non-hydrogen) atoms. The second-order valence-corrected chi connectivity index (χ2v) is 7.56. The fourth-order valence-corrected chi connectivity index (χ4v) is 4.61. The van der Waals surface area contributed by atoms with Crippen LogP contribution in [0.2, 0.25) is 0 Å². The summed E-state index contributed by atoms with van der Waals surface area (Å²) in [6.45, 7) is 4.70. The number of nitrogens with zero attached hydrogens (tertiary/aromatic N) is 3. The number of carbonyl (C=O) groups is 2. The minimum absolute atomic E-state index is 0.0652. The number of fused-ring (bicyclic) bond motifs is 1. The molecule has 0 bridgehead atoms. The Morgan fingerprint density at radius 1 is 1.38 bits per heavy atom. The molecule has 3 aromatic rings. The van der Waals surface area contributed by atoms with E-state index >= 15 is 0 Å². The lowest BCUT2D eigenvalue weighted by atomic mass is 10.1. The Hall–Kier alpha value is -2.45. The normalized spacial score (nSPS) is 14.6. The summed E-state index contributed by atoms with van der Waals surface area (Å²) in [5.74, 6) is -0.190. The Bertz CT molecular complexity index is 904. The molecule has 0 aromatic carbocycles. The monoisotopic (exact) mass is 358 g/mol. The largest absolute Gasteiger partial charge is 0.335 e. The van der Waals surface area contributed by atoms with Gasteiger partial charge in [-0.15, -0.1) is 22.7 Å². The zero-order valence-electron chi connectivity index (χ0n) is 12.6. The summed E-state index contributed by atoms with van der Waals surface area (Å²) in [6.07, 6.45) is 4.75. The van der Waals surface area contributed by atoms with Gasteiger partial charge in [-0.3, -0.25) is 14.3 Å². The second kappa shape index (κ2) is 5.88. The van der Waals surface area contributed by atoms with Crippen molar-refractivity contribution in [3.63, 3.8) is 0 Å². The quantitative estimate of drug-likeness (QED) is 0.729. The topological polar surface area (TPSA) is 67.2 Å². The van der Waals surface area contributed by atoms with E-state index < -0.39 is 0 Å². The molecule has 0 unspecified atom stereocenters. The van der Waals surface area contributed by atoms with Crippen molar-refractivity contribution >= 4 is 49.6 Å². The summed E-state index contributed by atoms with van der Waals surface area (Å²) >= 11 is 3.11. The van der Waals surface area contributed by atoms with Gasteiger partial charge in [-0.25, -0.2) is 0 Å². The third kappa shape index (κ3) is 2.63. The van der Waals surface area contributed by atoms with Crippen LogP contribution in [0.15, 0.2) is 42.6 Å². The fourth-order valence-electron chi connectivity index (χ4n) is 2.60. The van der Waals surface area contributed by atoms with Crippen molar-refractivity contribution in [3.05, 3.63) is 47.4 Å². The highest BCUT2D eigenvalue weighted by atomic mass is 32.1. The molecule has 122 valence electrons. The van der Waals surface area contributed by atoms with E-state index in [1.54, 1.807) is 33.3 Å². The first-order valence-electron chi connectivity index (χ1n) is 7.38. The Balaban J connectivity index is 1.40. The number of carbonyl (C=O) groups excluding carboxylic acids is 2. The van der Waals surface area contributed by atoms with E-state index in [0.717, 1.165) is 9.40 Å². The standard InChI is InChI=1S/C16H14N4O2S2/c1-2-15(21)19-8-11(9-19)20-7-10(6-17-20)18-16(22)14-5-13-12(24-14)3-4-23-13/h2-7,11H,1,8-9H2,(H,18,22). The van der Waals surface area contributed by atoms with Crippen molar-refractivity contribution in [1.29, 1.82) is 0 Å². The van der Waals surface area contributed by atoms with Gasteiger partial charge in [-0.2, -0.15) is 5.10 Å². The van der Waals surface area contributed by atoms with Gasteiger partial charge in [-0.1, -0.05) is 6.58 Å². The van der Waals surface area contributed by atoms with E-state index in [2.05, 4.69) is 17.0 Å². The van der Waals surface area contributed by atoms with Gasteiger partial charge in [0.2, 0.25) is 5.91 Å². The van der Waals surface area contributed by atoms with E-state index in [1.807, 2.05) is 17.5 Å². The van der Waals surface area contributed by atoms with Crippen LogP contribution in [0.4, 0.5) is 5.69 Å². The van der Waals surface area contributed by atoms with Crippen LogP contribution >= 0.6 is 22.7 Å². The van der Waals surface area contributed by atoms with Crippen LogP contribution in [0.3, 0.4) is 0 Å². The highest BCUT2D eigenvalue weighted by molar-refractivity contribution is 7.27. The molecule has 1 aliphatic rings. The van der Waals surface area contributed by atoms with Gasteiger partial charge in [0.1, 0.15) is 0 Å². The van der Waals surface area contributed by atoms with Crippen molar-refractivity contribution in [1.82, 2.24) is 14.7 Å². The second-order valence-electron chi connectivity index (χ2n) is 5.52. The van der Waals surface area contributed by atoms with Gasteiger partial charge >= 0.3 is 0 Å². The highest BCUT2D eigenvalue weighted by Gasteiger charge is 2.31. The van der Waals surface area contributed by atoms with Crippen molar-refractivity contribution in [2.45, 2.75) is 6.04 Å². The molecule has 0 radical (unpaired) electrons. The predicted molar refractivity (Wildman–Crippen MR) is 95.7 cm³/mol. The zero-order chi connectivity index (χ0) is 16.7. The molecule has 1 N–H and O–H groups in total. The molecule has 1 aliphatic heterocycles. The first kappa shape index (κ1) is 15.1. The van der Waals surface area contributed by atoms with Crippen molar-refractivity contribution in [2.75, 3.05) is 18.4 Å². The van der Waals surface area contributed by atoms with Crippen LogP contribution in [0.25, 0.3) is 9.40 Å². The minimum atomic E-state index is -0.125. The summed E-state index contributed by atoms with van der Waals surface area (Å²) in [5, 5.41) is 9.17. The van der Waals surface area contributed by atoms with Gasteiger partial charge in [0.05, 0.1) is 22.8 Å². The van der Waals surface area contributed by atoms with Crippen LogP contribution in [0.5, 0.6) is 0 Å². The minimum Gasteiger partial charge on any atom is -0.335 e. The van der Waals surface area contributed by atoms with Crippen LogP contribution in [-0.4, -0.2) is 39.6 Å². The van der Waals surface area contributed by atoms with Crippen molar-refractivity contribution in [2.24, 2.45) is 0 Å². The number of thiophene rings is 2. The smallest absolute Gasteiger partial charge is 0.265 e. The third-order valence-corrected chi connectivity index (χ3v) is 6.04. The lowest BCUT2D eigenvalue weighted by Gasteiger charge is -2.38. The molecular weight excluding hydrogens is 344 g/mol. The number of hydrogen-bond acceptors (Lipinski definition) is 5. The molecule has 0 atom stereocenters. The average Bonchev–Trinajstić information content (AvgIpc) is 3.20.